The lowest BCUT2D eigenvalue weighted by Gasteiger charge is -2.01. The van der Waals surface area contributed by atoms with Crippen LogP contribution in [0.25, 0.3) is 0 Å². The van der Waals surface area contributed by atoms with Gasteiger partial charge >= 0.3 is 0 Å². The fraction of sp³-hybridized carbons (Fsp3) is 0.625. The molecule has 0 aliphatic rings. The van der Waals surface area contributed by atoms with Gasteiger partial charge in [-0.25, -0.2) is 0 Å². The Balaban J connectivity index is 3.72. The molecule has 0 spiro atoms. The van der Waals surface area contributed by atoms with Crippen LogP contribution in [0.1, 0.15) is 20.3 Å². The number of carbonyl (C=O) groups is 1. The number of carbonyl (C=O) groups excluding carboxylic acids is 1. The van der Waals surface area contributed by atoms with Crippen LogP contribution in [0.5, 0.6) is 0 Å². The van der Waals surface area contributed by atoms with Crippen LogP contribution in [0.2, 0.25) is 0 Å². The molecule has 0 aromatic heterocycles. The highest BCUT2D eigenvalue weighted by molar-refractivity contribution is 9.09. The van der Waals surface area contributed by atoms with Gasteiger partial charge in [-0.05, 0) is 25.3 Å². The summed E-state index contributed by atoms with van der Waals surface area (Å²) in [5, 5.41) is 0.938. The van der Waals surface area contributed by atoms with Crippen LogP contribution in [-0.2, 0) is 4.79 Å². The van der Waals surface area contributed by atoms with Crippen molar-refractivity contribution in [3.63, 3.8) is 0 Å². The van der Waals surface area contributed by atoms with Gasteiger partial charge < -0.3 is 0 Å². The highest BCUT2D eigenvalue weighted by Gasteiger charge is 1.97. The van der Waals surface area contributed by atoms with Crippen molar-refractivity contribution < 1.29 is 4.79 Å². The van der Waals surface area contributed by atoms with E-state index in [1.54, 1.807) is 13.0 Å². The number of ketones is 1. The summed E-state index contributed by atoms with van der Waals surface area (Å²) in [7, 11) is 0. The topological polar surface area (TPSA) is 17.1 Å². The molecule has 1 nitrogen and oxygen atoms in total. The Labute approximate surface area is 70.6 Å². The molecule has 0 saturated carbocycles. The monoisotopic (exact) mass is 204 g/mol. The standard InChI is InChI=1S/C8H13BrO/c1-3-8(6-9)5-4-7(2)10/h4-5,8H,3,6H2,1-2H3. The van der Waals surface area contributed by atoms with Gasteiger partial charge in [-0.15, -0.1) is 0 Å². The molecule has 0 rings (SSSR count). The molecular formula is C8H13BrO. The molecule has 10 heavy (non-hydrogen) atoms. The minimum absolute atomic E-state index is 0.124. The van der Waals surface area contributed by atoms with Crippen LogP contribution in [0.4, 0.5) is 0 Å². The molecule has 0 aromatic carbocycles. The minimum atomic E-state index is 0.124. The van der Waals surface area contributed by atoms with Crippen LogP contribution in [0.15, 0.2) is 12.2 Å². The third-order valence-electron chi connectivity index (χ3n) is 1.33. The fourth-order valence-electron chi connectivity index (χ4n) is 0.568. The largest absolute Gasteiger partial charge is 0.295 e. The van der Waals surface area contributed by atoms with Crippen molar-refractivity contribution in [1.29, 1.82) is 0 Å². The highest BCUT2D eigenvalue weighted by Crippen LogP contribution is 2.07. The number of hydrogen-bond acceptors (Lipinski definition) is 1. The van der Waals surface area contributed by atoms with Crippen LogP contribution in [-0.4, -0.2) is 11.1 Å². The SMILES string of the molecule is CCC(C=CC(C)=O)CBr. The van der Waals surface area contributed by atoms with Gasteiger partial charge in [-0.3, -0.25) is 4.79 Å². The minimum Gasteiger partial charge on any atom is -0.295 e. The van der Waals surface area contributed by atoms with Gasteiger partial charge in [-0.1, -0.05) is 28.9 Å². The second-order valence-corrected chi connectivity index (χ2v) is 2.94. The summed E-state index contributed by atoms with van der Waals surface area (Å²) < 4.78 is 0. The van der Waals surface area contributed by atoms with Gasteiger partial charge in [0.05, 0.1) is 0 Å². The number of allylic oxidation sites excluding steroid dienone is 2. The average molecular weight is 205 g/mol. The van der Waals surface area contributed by atoms with E-state index >= 15 is 0 Å². The van der Waals surface area contributed by atoms with Crippen molar-refractivity contribution >= 4 is 21.7 Å². The highest BCUT2D eigenvalue weighted by atomic mass is 79.9. The molecule has 0 amide bonds. The Morgan fingerprint density at radius 1 is 1.70 bits per heavy atom. The molecule has 0 bridgehead atoms. The van der Waals surface area contributed by atoms with E-state index in [4.69, 9.17) is 0 Å². The van der Waals surface area contributed by atoms with Crippen molar-refractivity contribution in [2.75, 3.05) is 5.33 Å². The van der Waals surface area contributed by atoms with Crippen LogP contribution in [0.3, 0.4) is 0 Å². The first-order valence-electron chi connectivity index (χ1n) is 3.45. The zero-order valence-corrected chi connectivity index (χ0v) is 8.02. The van der Waals surface area contributed by atoms with Crippen LogP contribution < -0.4 is 0 Å². The molecule has 1 atom stereocenters. The Hall–Kier alpha value is -0.110. The van der Waals surface area contributed by atoms with Crippen molar-refractivity contribution in [1.82, 2.24) is 0 Å². The first-order valence-corrected chi connectivity index (χ1v) is 4.57. The quantitative estimate of drug-likeness (QED) is 0.509. The van der Waals surface area contributed by atoms with E-state index in [0.29, 0.717) is 5.92 Å². The van der Waals surface area contributed by atoms with Gasteiger partial charge in [-0.2, -0.15) is 0 Å². The maximum absolute atomic E-state index is 10.5. The van der Waals surface area contributed by atoms with Crippen LogP contribution in [0, 0.1) is 5.92 Å². The lowest BCUT2D eigenvalue weighted by Crippen LogP contribution is -1.95. The van der Waals surface area contributed by atoms with Gasteiger partial charge in [0.25, 0.3) is 0 Å². The van der Waals surface area contributed by atoms with Crippen molar-refractivity contribution in [2.45, 2.75) is 20.3 Å². The summed E-state index contributed by atoms with van der Waals surface area (Å²) >= 11 is 3.36. The smallest absolute Gasteiger partial charge is 0.152 e. The molecule has 0 aliphatic heterocycles. The molecule has 0 saturated heterocycles. The summed E-state index contributed by atoms with van der Waals surface area (Å²) in [6, 6.07) is 0. The van der Waals surface area contributed by atoms with E-state index in [1.807, 2.05) is 6.08 Å². The predicted molar refractivity (Wildman–Crippen MR) is 47.4 cm³/mol. The van der Waals surface area contributed by atoms with Crippen molar-refractivity contribution in [2.24, 2.45) is 5.92 Å². The fourth-order valence-corrected chi connectivity index (χ4v) is 1.24. The summed E-state index contributed by atoms with van der Waals surface area (Å²) in [6.07, 6.45) is 4.67. The summed E-state index contributed by atoms with van der Waals surface area (Å²) in [5.74, 6) is 0.628. The molecule has 1 unspecified atom stereocenters. The summed E-state index contributed by atoms with van der Waals surface area (Å²) in [5.41, 5.74) is 0. The van der Waals surface area contributed by atoms with E-state index in [0.717, 1.165) is 11.8 Å². The molecule has 0 radical (unpaired) electrons. The van der Waals surface area contributed by atoms with E-state index in [9.17, 15) is 4.79 Å². The normalized spacial score (nSPS) is 13.9. The number of halogens is 1. The summed E-state index contributed by atoms with van der Waals surface area (Å²) in [6.45, 7) is 3.67. The lowest BCUT2D eigenvalue weighted by atomic mass is 10.1. The third kappa shape index (κ3) is 4.74. The Bertz CT molecular complexity index is 125. The van der Waals surface area contributed by atoms with E-state index in [2.05, 4.69) is 22.9 Å². The van der Waals surface area contributed by atoms with Crippen molar-refractivity contribution in [3.8, 4) is 0 Å². The van der Waals surface area contributed by atoms with Gasteiger partial charge in [0.2, 0.25) is 0 Å². The molecule has 58 valence electrons. The molecular weight excluding hydrogens is 192 g/mol. The Kier molecular flexibility index (Phi) is 5.60. The van der Waals surface area contributed by atoms with Gasteiger partial charge in [0.15, 0.2) is 5.78 Å². The first-order chi connectivity index (χ1) is 4.70. The zero-order chi connectivity index (χ0) is 7.98. The second kappa shape index (κ2) is 5.66. The van der Waals surface area contributed by atoms with E-state index in [-0.39, 0.29) is 5.78 Å². The Morgan fingerprint density at radius 3 is 2.60 bits per heavy atom. The molecule has 0 fully saturated rings. The number of rotatable bonds is 4. The molecule has 2 heteroatoms. The zero-order valence-electron chi connectivity index (χ0n) is 6.43. The van der Waals surface area contributed by atoms with Crippen molar-refractivity contribution in [3.05, 3.63) is 12.2 Å². The second-order valence-electron chi connectivity index (χ2n) is 2.29. The maximum Gasteiger partial charge on any atom is 0.152 e. The predicted octanol–water partition coefficient (Wildman–Crippen LogP) is 2.55. The average Bonchev–Trinajstić information content (AvgIpc) is 1.90. The molecule has 0 aromatic rings. The van der Waals surface area contributed by atoms with Crippen LogP contribution >= 0.6 is 15.9 Å². The van der Waals surface area contributed by atoms with Gasteiger partial charge in [0, 0.05) is 5.33 Å². The molecule has 0 heterocycles. The Morgan fingerprint density at radius 2 is 2.30 bits per heavy atom. The first kappa shape index (κ1) is 9.89. The molecule has 0 aliphatic carbocycles. The molecule has 0 N–H and O–H groups in total. The van der Waals surface area contributed by atoms with Gasteiger partial charge in [0.1, 0.15) is 0 Å². The number of alkyl halides is 1. The summed E-state index contributed by atoms with van der Waals surface area (Å²) in [4.78, 5) is 10.5. The number of hydrogen-bond donors (Lipinski definition) is 0. The maximum atomic E-state index is 10.5. The lowest BCUT2D eigenvalue weighted by molar-refractivity contribution is -0.112. The third-order valence-corrected chi connectivity index (χ3v) is 2.16. The van der Waals surface area contributed by atoms with E-state index in [1.165, 1.54) is 0 Å². The van der Waals surface area contributed by atoms with E-state index < -0.39 is 0 Å².